The summed E-state index contributed by atoms with van der Waals surface area (Å²) in [5, 5.41) is 0. The van der Waals surface area contributed by atoms with Crippen LogP contribution in [0, 0.1) is 6.92 Å². The minimum absolute atomic E-state index is 0.537. The fraction of sp³-hybridized carbons (Fsp3) is 0.636. The lowest BCUT2D eigenvalue weighted by Gasteiger charge is -2.14. The average molecular weight is 260 g/mol. The predicted molar refractivity (Wildman–Crippen MR) is 62.8 cm³/mol. The highest BCUT2D eigenvalue weighted by Crippen LogP contribution is 2.28. The van der Waals surface area contributed by atoms with Crippen molar-refractivity contribution >= 4 is 15.9 Å². The molecule has 0 amide bonds. The molecule has 0 N–H and O–H groups in total. The summed E-state index contributed by atoms with van der Waals surface area (Å²) in [5.74, 6) is 0.537. The second-order valence-corrected chi connectivity index (χ2v) is 4.67. The lowest BCUT2D eigenvalue weighted by molar-refractivity contribution is 0.185. The Morgan fingerprint density at radius 2 is 2.14 bits per heavy atom. The Kier molecular flexibility index (Phi) is 4.20. The molecule has 3 heteroatoms. The van der Waals surface area contributed by atoms with Crippen molar-refractivity contribution in [2.45, 2.75) is 33.2 Å². The molecule has 0 spiro atoms. The van der Waals surface area contributed by atoms with E-state index < -0.39 is 0 Å². The summed E-state index contributed by atoms with van der Waals surface area (Å²) < 4.78 is 8.64. The number of hydrogen-bond acceptors (Lipinski definition) is 1. The topological polar surface area (TPSA) is 14.2 Å². The summed E-state index contributed by atoms with van der Waals surface area (Å²) in [4.78, 5) is 0. The maximum Gasteiger partial charge on any atom is 0.0641 e. The second-order valence-electron chi connectivity index (χ2n) is 3.82. The fourth-order valence-corrected chi connectivity index (χ4v) is 2.72. The molecule has 14 heavy (non-hydrogen) atoms. The molecule has 0 unspecified atom stereocenters. The molecule has 0 saturated carbocycles. The van der Waals surface area contributed by atoms with Crippen LogP contribution in [0.15, 0.2) is 10.5 Å². The van der Waals surface area contributed by atoms with E-state index in [0.717, 1.165) is 13.2 Å². The molecule has 1 aromatic rings. The Balaban J connectivity index is 2.99. The van der Waals surface area contributed by atoms with Crippen molar-refractivity contribution in [3.63, 3.8) is 0 Å². The first-order valence-corrected chi connectivity index (χ1v) is 5.71. The maximum atomic E-state index is 5.11. The van der Waals surface area contributed by atoms with Crippen LogP contribution >= 0.6 is 15.9 Å². The van der Waals surface area contributed by atoms with Crippen LogP contribution in [0.5, 0.6) is 0 Å². The first kappa shape index (κ1) is 11.8. The van der Waals surface area contributed by atoms with Crippen molar-refractivity contribution in [1.82, 2.24) is 4.57 Å². The van der Waals surface area contributed by atoms with Crippen molar-refractivity contribution in [2.75, 3.05) is 13.7 Å². The molecule has 0 atom stereocenters. The number of ether oxygens (including phenoxy) is 1. The molecule has 0 aromatic carbocycles. The monoisotopic (exact) mass is 259 g/mol. The van der Waals surface area contributed by atoms with E-state index in [4.69, 9.17) is 4.74 Å². The van der Waals surface area contributed by atoms with Gasteiger partial charge in [0.05, 0.1) is 6.61 Å². The number of methoxy groups -OCH3 is 1. The Morgan fingerprint density at radius 3 is 2.64 bits per heavy atom. The van der Waals surface area contributed by atoms with Gasteiger partial charge < -0.3 is 9.30 Å². The van der Waals surface area contributed by atoms with Gasteiger partial charge in [0.25, 0.3) is 0 Å². The Morgan fingerprint density at radius 1 is 1.50 bits per heavy atom. The summed E-state index contributed by atoms with van der Waals surface area (Å²) in [6, 6.07) is 2.17. The molecule has 0 saturated heterocycles. The highest BCUT2D eigenvalue weighted by atomic mass is 79.9. The second kappa shape index (κ2) is 4.99. The first-order valence-electron chi connectivity index (χ1n) is 4.92. The summed E-state index contributed by atoms with van der Waals surface area (Å²) in [6.07, 6.45) is 0. The van der Waals surface area contributed by atoms with Gasteiger partial charge in [0.2, 0.25) is 0 Å². The SMILES string of the molecule is COCCn1c(C)cc(Br)c1C(C)C. The van der Waals surface area contributed by atoms with Gasteiger partial charge in [-0.3, -0.25) is 0 Å². The van der Waals surface area contributed by atoms with Crippen LogP contribution in [0.3, 0.4) is 0 Å². The van der Waals surface area contributed by atoms with E-state index in [1.807, 2.05) is 0 Å². The molecule has 80 valence electrons. The van der Waals surface area contributed by atoms with Crippen LogP contribution in [-0.2, 0) is 11.3 Å². The third-order valence-corrected chi connectivity index (χ3v) is 3.00. The van der Waals surface area contributed by atoms with Crippen molar-refractivity contribution in [1.29, 1.82) is 0 Å². The summed E-state index contributed by atoms with van der Waals surface area (Å²) in [7, 11) is 1.74. The minimum Gasteiger partial charge on any atom is -0.383 e. The van der Waals surface area contributed by atoms with E-state index >= 15 is 0 Å². The van der Waals surface area contributed by atoms with Crippen LogP contribution in [0.2, 0.25) is 0 Å². The molecule has 0 aliphatic heterocycles. The molecule has 1 heterocycles. The Labute approximate surface area is 94.4 Å². The Bertz CT molecular complexity index is 304. The fourth-order valence-electron chi connectivity index (χ4n) is 1.72. The zero-order chi connectivity index (χ0) is 10.7. The summed E-state index contributed by atoms with van der Waals surface area (Å²) >= 11 is 3.60. The maximum absolute atomic E-state index is 5.11. The normalized spacial score (nSPS) is 11.3. The molecule has 1 aromatic heterocycles. The predicted octanol–water partition coefficient (Wildman–Crippen LogP) is 3.33. The van der Waals surface area contributed by atoms with Gasteiger partial charge in [-0.25, -0.2) is 0 Å². The number of rotatable bonds is 4. The minimum atomic E-state index is 0.537. The van der Waals surface area contributed by atoms with E-state index in [-0.39, 0.29) is 0 Å². The standard InChI is InChI=1S/C11H18BrNO/c1-8(2)11-10(12)7-9(3)13(11)5-6-14-4/h7-8H,5-6H2,1-4H3. The van der Waals surface area contributed by atoms with Gasteiger partial charge in [0.15, 0.2) is 0 Å². The van der Waals surface area contributed by atoms with Crippen LogP contribution in [0.4, 0.5) is 0 Å². The van der Waals surface area contributed by atoms with Crippen LogP contribution in [0.25, 0.3) is 0 Å². The number of aryl methyl sites for hydroxylation is 1. The van der Waals surface area contributed by atoms with Crippen LogP contribution < -0.4 is 0 Å². The number of halogens is 1. The van der Waals surface area contributed by atoms with Crippen molar-refractivity contribution in [3.05, 3.63) is 21.9 Å². The highest BCUT2D eigenvalue weighted by molar-refractivity contribution is 9.10. The smallest absolute Gasteiger partial charge is 0.0641 e. The Hall–Kier alpha value is -0.280. The zero-order valence-electron chi connectivity index (χ0n) is 9.30. The van der Waals surface area contributed by atoms with E-state index in [9.17, 15) is 0 Å². The molecule has 1 rings (SSSR count). The van der Waals surface area contributed by atoms with Gasteiger partial charge in [-0.15, -0.1) is 0 Å². The number of aromatic nitrogens is 1. The highest BCUT2D eigenvalue weighted by Gasteiger charge is 2.13. The van der Waals surface area contributed by atoms with E-state index in [2.05, 4.69) is 47.3 Å². The summed E-state index contributed by atoms with van der Waals surface area (Å²) in [5.41, 5.74) is 2.65. The molecule has 2 nitrogen and oxygen atoms in total. The zero-order valence-corrected chi connectivity index (χ0v) is 10.9. The van der Waals surface area contributed by atoms with Crippen LogP contribution in [-0.4, -0.2) is 18.3 Å². The van der Waals surface area contributed by atoms with Gasteiger partial charge in [-0.2, -0.15) is 0 Å². The van der Waals surface area contributed by atoms with Gasteiger partial charge in [0.1, 0.15) is 0 Å². The molecule has 0 aliphatic carbocycles. The van der Waals surface area contributed by atoms with Gasteiger partial charge in [-0.1, -0.05) is 13.8 Å². The quantitative estimate of drug-likeness (QED) is 0.810. The van der Waals surface area contributed by atoms with Crippen molar-refractivity contribution in [3.8, 4) is 0 Å². The van der Waals surface area contributed by atoms with E-state index in [0.29, 0.717) is 5.92 Å². The first-order chi connectivity index (χ1) is 6.57. The van der Waals surface area contributed by atoms with Gasteiger partial charge >= 0.3 is 0 Å². The molecule has 0 bridgehead atoms. The van der Waals surface area contributed by atoms with Crippen molar-refractivity contribution in [2.24, 2.45) is 0 Å². The molecular weight excluding hydrogens is 242 g/mol. The molecule has 0 fully saturated rings. The molecule has 0 aliphatic rings. The average Bonchev–Trinajstić information content (AvgIpc) is 2.37. The van der Waals surface area contributed by atoms with Crippen LogP contribution in [0.1, 0.15) is 31.2 Å². The van der Waals surface area contributed by atoms with Gasteiger partial charge in [0, 0.05) is 29.5 Å². The van der Waals surface area contributed by atoms with E-state index in [1.165, 1.54) is 15.9 Å². The third-order valence-electron chi connectivity index (χ3n) is 2.36. The summed E-state index contributed by atoms with van der Waals surface area (Å²) in [6.45, 7) is 8.25. The largest absolute Gasteiger partial charge is 0.383 e. The number of nitrogens with zero attached hydrogens (tertiary/aromatic N) is 1. The van der Waals surface area contributed by atoms with Crippen molar-refractivity contribution < 1.29 is 4.74 Å². The molecular formula is C11H18BrNO. The lowest BCUT2D eigenvalue weighted by atomic mass is 10.1. The van der Waals surface area contributed by atoms with Gasteiger partial charge in [-0.05, 0) is 34.8 Å². The van der Waals surface area contributed by atoms with E-state index in [1.54, 1.807) is 7.11 Å². The number of hydrogen-bond donors (Lipinski definition) is 0. The molecule has 0 radical (unpaired) electrons. The third kappa shape index (κ3) is 2.39. The lowest BCUT2D eigenvalue weighted by Crippen LogP contribution is -2.10.